The number of fused-ring (bicyclic) bond motifs is 2. The summed E-state index contributed by atoms with van der Waals surface area (Å²) >= 11 is 0. The molecule has 0 spiro atoms. The number of hydrogen-bond donors (Lipinski definition) is 1. The minimum Gasteiger partial charge on any atom is -0.331 e. The van der Waals surface area contributed by atoms with E-state index in [1.54, 1.807) is 0 Å². The van der Waals surface area contributed by atoms with Gasteiger partial charge in [0.1, 0.15) is 5.82 Å². The van der Waals surface area contributed by atoms with Crippen LogP contribution in [0.4, 0.5) is 27.6 Å². The van der Waals surface area contributed by atoms with Crippen molar-refractivity contribution in [1.82, 2.24) is 4.90 Å². The number of alkyl halides is 2. The lowest BCUT2D eigenvalue weighted by molar-refractivity contribution is -0.164. The number of anilines is 1. The highest BCUT2D eigenvalue weighted by Gasteiger charge is 2.52. The van der Waals surface area contributed by atoms with Gasteiger partial charge in [-0.1, -0.05) is 0 Å². The molecule has 4 nitrogen and oxygen atoms in total. The van der Waals surface area contributed by atoms with E-state index < -0.39 is 40.8 Å². The first-order chi connectivity index (χ1) is 14.7. The summed E-state index contributed by atoms with van der Waals surface area (Å²) in [5.41, 5.74) is -1.65. The normalized spacial score (nSPS) is 20.6. The zero-order chi connectivity index (χ0) is 22.3. The van der Waals surface area contributed by atoms with E-state index in [1.165, 1.54) is 4.90 Å². The van der Waals surface area contributed by atoms with Gasteiger partial charge in [0, 0.05) is 29.4 Å². The number of nitrogens with zero attached hydrogens (tertiary/aromatic N) is 1. The number of piperidine rings is 1. The van der Waals surface area contributed by atoms with Gasteiger partial charge in [0.15, 0.2) is 11.6 Å². The fourth-order valence-electron chi connectivity index (χ4n) is 4.41. The second-order valence-corrected chi connectivity index (χ2v) is 7.88. The van der Waals surface area contributed by atoms with Crippen molar-refractivity contribution >= 4 is 17.5 Å². The van der Waals surface area contributed by atoms with E-state index >= 15 is 8.78 Å². The fraction of sp³-hybridized carbons (Fsp3) is 0.364. The van der Waals surface area contributed by atoms with Crippen LogP contribution >= 0.6 is 0 Å². The Morgan fingerprint density at radius 3 is 2.16 bits per heavy atom. The Hall–Kier alpha value is -2.97. The number of carbonyl (C=O) groups excluding carboxylic acids is 2. The molecule has 4 rings (SSSR count). The van der Waals surface area contributed by atoms with Crippen molar-refractivity contribution in [2.24, 2.45) is 0 Å². The maximum atomic E-state index is 15.1. The van der Waals surface area contributed by atoms with Gasteiger partial charge in [-0.05, 0) is 62.4 Å². The first kappa shape index (κ1) is 21.3. The predicted molar refractivity (Wildman–Crippen MR) is 102 cm³/mol. The van der Waals surface area contributed by atoms with Gasteiger partial charge in [-0.2, -0.15) is 8.78 Å². The van der Waals surface area contributed by atoms with Crippen LogP contribution in [0.3, 0.4) is 0 Å². The zero-order valence-electron chi connectivity index (χ0n) is 16.3. The molecule has 0 saturated carbocycles. The van der Waals surface area contributed by atoms with Crippen molar-refractivity contribution < 1.29 is 31.5 Å². The minimum atomic E-state index is -4.15. The number of amides is 2. The third kappa shape index (κ3) is 3.88. The van der Waals surface area contributed by atoms with Gasteiger partial charge < -0.3 is 10.2 Å². The molecule has 2 aliphatic rings. The van der Waals surface area contributed by atoms with E-state index in [-0.39, 0.29) is 23.3 Å². The van der Waals surface area contributed by atoms with Gasteiger partial charge >= 0.3 is 5.92 Å². The number of nitrogens with one attached hydrogen (secondary N) is 1. The third-order valence-corrected chi connectivity index (χ3v) is 5.94. The first-order valence-corrected chi connectivity index (χ1v) is 9.95. The van der Waals surface area contributed by atoms with Crippen molar-refractivity contribution in [2.45, 2.75) is 50.1 Å². The van der Waals surface area contributed by atoms with Crippen LogP contribution < -0.4 is 5.32 Å². The maximum Gasteiger partial charge on any atom is 0.352 e. The van der Waals surface area contributed by atoms with E-state index in [9.17, 15) is 22.8 Å². The molecule has 164 valence electrons. The lowest BCUT2D eigenvalue weighted by Gasteiger charge is -2.37. The summed E-state index contributed by atoms with van der Waals surface area (Å²) in [5, 5.41) is 2.23. The third-order valence-electron chi connectivity index (χ3n) is 5.94. The number of hydrogen-bond acceptors (Lipinski definition) is 2. The van der Waals surface area contributed by atoms with Gasteiger partial charge in [0.05, 0.1) is 5.56 Å². The molecule has 0 radical (unpaired) electrons. The van der Waals surface area contributed by atoms with Crippen molar-refractivity contribution in [2.75, 3.05) is 5.32 Å². The average molecular weight is 438 g/mol. The molecule has 2 atom stereocenters. The topological polar surface area (TPSA) is 49.4 Å². The molecule has 9 heteroatoms. The maximum absolute atomic E-state index is 15.1. The Morgan fingerprint density at radius 1 is 0.871 bits per heavy atom. The molecule has 1 N–H and O–H groups in total. The van der Waals surface area contributed by atoms with Crippen molar-refractivity contribution in [3.8, 4) is 0 Å². The van der Waals surface area contributed by atoms with Crippen LogP contribution in [0, 0.1) is 17.5 Å². The molecule has 0 aromatic heterocycles. The molecule has 2 unspecified atom stereocenters. The lowest BCUT2D eigenvalue weighted by atomic mass is 9.98. The van der Waals surface area contributed by atoms with Crippen LogP contribution in [0.25, 0.3) is 0 Å². The molecule has 2 amide bonds. The molecule has 31 heavy (non-hydrogen) atoms. The van der Waals surface area contributed by atoms with Crippen LogP contribution in [0.5, 0.6) is 0 Å². The molecule has 0 aliphatic carbocycles. The SMILES string of the molecule is O=C(Nc1ccc(F)c(F)c1)c1ccc(F)c(C(F)(F)C(=O)N2C3CCCC2CC3)c1. The summed E-state index contributed by atoms with van der Waals surface area (Å²) < 4.78 is 70.8. The summed E-state index contributed by atoms with van der Waals surface area (Å²) in [6.07, 6.45) is 3.42. The highest BCUT2D eigenvalue weighted by atomic mass is 19.3. The molecular weight excluding hydrogens is 419 g/mol. The molecule has 2 aromatic carbocycles. The van der Waals surface area contributed by atoms with E-state index in [0.29, 0.717) is 37.8 Å². The zero-order valence-corrected chi connectivity index (χ0v) is 16.3. The monoisotopic (exact) mass is 438 g/mol. The molecular formula is C22H19F5N2O2. The predicted octanol–water partition coefficient (Wildman–Crippen LogP) is 4.99. The van der Waals surface area contributed by atoms with Crippen molar-refractivity contribution in [3.05, 3.63) is 65.0 Å². The van der Waals surface area contributed by atoms with Gasteiger partial charge in [0.25, 0.3) is 11.8 Å². The summed E-state index contributed by atoms with van der Waals surface area (Å²) in [6.45, 7) is 0. The Labute approximate surface area is 175 Å². The Balaban J connectivity index is 1.60. The van der Waals surface area contributed by atoms with E-state index in [4.69, 9.17) is 0 Å². The quantitative estimate of drug-likeness (QED) is 0.684. The lowest BCUT2D eigenvalue weighted by Crippen LogP contribution is -2.50. The van der Waals surface area contributed by atoms with E-state index in [0.717, 1.165) is 30.7 Å². The van der Waals surface area contributed by atoms with Crippen molar-refractivity contribution in [3.63, 3.8) is 0 Å². The summed E-state index contributed by atoms with van der Waals surface area (Å²) in [4.78, 5) is 26.3. The largest absolute Gasteiger partial charge is 0.352 e. The van der Waals surface area contributed by atoms with Gasteiger partial charge in [0.2, 0.25) is 0 Å². The van der Waals surface area contributed by atoms with Crippen molar-refractivity contribution in [1.29, 1.82) is 0 Å². The standard InChI is InChI=1S/C22H19F5N2O2/c23-17-8-4-12(20(30)28-13-5-9-18(24)19(25)11-13)10-16(17)22(26,27)21(31)29-14-2-1-3-15(29)7-6-14/h4-5,8-11,14-15H,1-3,6-7H2,(H,28,30). The molecule has 2 fully saturated rings. The van der Waals surface area contributed by atoms with Gasteiger partial charge in [-0.3, -0.25) is 9.59 Å². The molecule has 2 aromatic rings. The average Bonchev–Trinajstić information content (AvgIpc) is 2.98. The second kappa shape index (κ2) is 7.94. The number of carbonyl (C=O) groups is 2. The van der Waals surface area contributed by atoms with Crippen LogP contribution in [-0.2, 0) is 10.7 Å². The second-order valence-electron chi connectivity index (χ2n) is 7.88. The van der Waals surface area contributed by atoms with Crippen LogP contribution in [0.2, 0.25) is 0 Å². The first-order valence-electron chi connectivity index (χ1n) is 9.95. The minimum absolute atomic E-state index is 0.109. The molecule has 2 saturated heterocycles. The smallest absolute Gasteiger partial charge is 0.331 e. The Morgan fingerprint density at radius 2 is 1.52 bits per heavy atom. The van der Waals surface area contributed by atoms with E-state index in [2.05, 4.69) is 5.32 Å². The Bertz CT molecular complexity index is 1030. The number of halogens is 5. The summed E-state index contributed by atoms with van der Waals surface area (Å²) in [5.74, 6) is -10.2. The molecule has 2 heterocycles. The fourth-order valence-corrected chi connectivity index (χ4v) is 4.41. The highest BCUT2D eigenvalue weighted by molar-refractivity contribution is 6.04. The summed E-state index contributed by atoms with van der Waals surface area (Å²) in [7, 11) is 0. The van der Waals surface area contributed by atoms with Crippen LogP contribution in [0.15, 0.2) is 36.4 Å². The number of benzene rings is 2. The van der Waals surface area contributed by atoms with Gasteiger partial charge in [-0.25, -0.2) is 13.2 Å². The van der Waals surface area contributed by atoms with Crippen LogP contribution in [-0.4, -0.2) is 28.8 Å². The highest BCUT2D eigenvalue weighted by Crippen LogP contribution is 2.41. The summed E-state index contributed by atoms with van der Waals surface area (Å²) in [6, 6.07) is 4.32. The molecule has 2 bridgehead atoms. The Kier molecular flexibility index (Phi) is 5.45. The molecule has 2 aliphatic heterocycles. The van der Waals surface area contributed by atoms with Gasteiger partial charge in [-0.15, -0.1) is 0 Å². The van der Waals surface area contributed by atoms with Crippen LogP contribution in [0.1, 0.15) is 48.0 Å². The van der Waals surface area contributed by atoms with E-state index in [1.807, 2.05) is 0 Å². The number of rotatable bonds is 4.